The maximum Gasteiger partial charge on any atom is 0.313 e. The maximum absolute atomic E-state index is 12.2. The van der Waals surface area contributed by atoms with Crippen LogP contribution in [0.1, 0.15) is 11.5 Å². The Morgan fingerprint density at radius 1 is 1.43 bits per heavy atom. The highest BCUT2D eigenvalue weighted by molar-refractivity contribution is 8.01. The number of aliphatic carboxylic acids is 1. The molecule has 0 saturated carbocycles. The lowest BCUT2D eigenvalue weighted by molar-refractivity contribution is -0.133. The summed E-state index contributed by atoms with van der Waals surface area (Å²) in [6, 6.07) is 0. The average molecular weight is 350 g/mol. The molecule has 0 radical (unpaired) electrons. The van der Waals surface area contributed by atoms with Crippen LogP contribution in [0.25, 0.3) is 0 Å². The fourth-order valence-corrected chi connectivity index (χ4v) is 4.49. The van der Waals surface area contributed by atoms with Crippen molar-refractivity contribution in [3.8, 4) is 0 Å². The van der Waals surface area contributed by atoms with Crippen LogP contribution >= 0.6 is 23.1 Å². The first kappa shape index (κ1) is 15.7. The smallest absolute Gasteiger partial charge is 0.313 e. The lowest BCUT2D eigenvalue weighted by atomic mass is 10.4. The van der Waals surface area contributed by atoms with Gasteiger partial charge in [0.05, 0.1) is 5.75 Å². The Bertz CT molecular complexity index is 747. The molecule has 12 heteroatoms. The number of hydrogen-bond donors (Lipinski definition) is 2. The number of rotatable bonds is 6. The van der Waals surface area contributed by atoms with Gasteiger partial charge in [0, 0.05) is 0 Å². The van der Waals surface area contributed by atoms with Crippen LogP contribution in [-0.2, 0) is 14.8 Å². The number of aromatic nitrogens is 3. The molecule has 0 fully saturated rings. The Balaban J connectivity index is 2.16. The topological polar surface area (TPSA) is 135 Å². The standard InChI is InChI=1S/C9H10N4O5S3/c1-4-7(5(2)18-12-4)21(16,17)13-8-10-11-9(20-8)19-3-6(14)15/h3H2,1-2H3,(H,10,13)(H,14,15). The molecule has 2 N–H and O–H groups in total. The molecule has 114 valence electrons. The summed E-state index contributed by atoms with van der Waals surface area (Å²) in [6.07, 6.45) is 0. The first-order chi connectivity index (χ1) is 9.79. The third-order valence-corrected chi connectivity index (χ3v) is 5.85. The van der Waals surface area contributed by atoms with E-state index in [1.807, 2.05) is 0 Å². The average Bonchev–Trinajstić information content (AvgIpc) is 2.93. The third-order valence-electron chi connectivity index (χ3n) is 2.18. The highest BCUT2D eigenvalue weighted by atomic mass is 32.2. The molecule has 2 aromatic rings. The van der Waals surface area contributed by atoms with Gasteiger partial charge in [0.25, 0.3) is 10.0 Å². The molecule has 9 nitrogen and oxygen atoms in total. The van der Waals surface area contributed by atoms with Gasteiger partial charge in [0.15, 0.2) is 15.0 Å². The zero-order valence-corrected chi connectivity index (χ0v) is 13.3. The molecule has 2 heterocycles. The quantitative estimate of drug-likeness (QED) is 0.734. The van der Waals surface area contributed by atoms with Gasteiger partial charge in [-0.05, 0) is 13.8 Å². The lowest BCUT2D eigenvalue weighted by Crippen LogP contribution is -2.14. The van der Waals surface area contributed by atoms with Crippen LogP contribution in [0.4, 0.5) is 5.13 Å². The van der Waals surface area contributed by atoms with Crippen molar-refractivity contribution in [3.63, 3.8) is 0 Å². The van der Waals surface area contributed by atoms with E-state index in [4.69, 9.17) is 9.63 Å². The van der Waals surface area contributed by atoms with Gasteiger partial charge >= 0.3 is 5.97 Å². The molecular weight excluding hydrogens is 340 g/mol. The molecule has 0 saturated heterocycles. The van der Waals surface area contributed by atoms with Crippen LogP contribution in [0.15, 0.2) is 13.8 Å². The third kappa shape index (κ3) is 3.71. The van der Waals surface area contributed by atoms with Gasteiger partial charge in [-0.3, -0.25) is 9.52 Å². The maximum atomic E-state index is 12.2. The predicted molar refractivity (Wildman–Crippen MR) is 75.1 cm³/mol. The first-order valence-corrected chi connectivity index (χ1v) is 8.72. The molecule has 0 bridgehead atoms. The number of aryl methyl sites for hydroxylation is 2. The molecular formula is C9H10N4O5S3. The molecule has 0 amide bonds. The normalized spacial score (nSPS) is 11.5. The summed E-state index contributed by atoms with van der Waals surface area (Å²) < 4.78 is 31.9. The summed E-state index contributed by atoms with van der Waals surface area (Å²) >= 11 is 1.91. The van der Waals surface area contributed by atoms with Crippen molar-refractivity contribution in [3.05, 3.63) is 11.5 Å². The van der Waals surface area contributed by atoms with E-state index in [1.165, 1.54) is 13.8 Å². The second-order valence-corrected chi connectivity index (χ2v) is 7.63. The van der Waals surface area contributed by atoms with Gasteiger partial charge in [-0.1, -0.05) is 28.3 Å². The van der Waals surface area contributed by atoms with Crippen LogP contribution in [0.2, 0.25) is 0 Å². The highest BCUT2D eigenvalue weighted by Crippen LogP contribution is 2.28. The van der Waals surface area contributed by atoms with Crippen molar-refractivity contribution in [2.75, 3.05) is 10.5 Å². The fourth-order valence-electron chi connectivity index (χ4n) is 1.46. The van der Waals surface area contributed by atoms with E-state index in [9.17, 15) is 13.2 Å². The van der Waals surface area contributed by atoms with Crippen molar-refractivity contribution >= 4 is 44.2 Å². The molecule has 2 rings (SSSR count). The molecule has 0 spiro atoms. The van der Waals surface area contributed by atoms with Crippen molar-refractivity contribution in [1.29, 1.82) is 0 Å². The van der Waals surface area contributed by atoms with Crippen LogP contribution < -0.4 is 4.72 Å². The minimum atomic E-state index is -3.87. The number of nitrogens with zero attached hydrogens (tertiary/aromatic N) is 3. The summed E-state index contributed by atoms with van der Waals surface area (Å²) in [5, 5.41) is 19.5. The Morgan fingerprint density at radius 2 is 2.14 bits per heavy atom. The molecule has 21 heavy (non-hydrogen) atoms. The van der Waals surface area contributed by atoms with E-state index in [-0.39, 0.29) is 27.2 Å². The first-order valence-electron chi connectivity index (χ1n) is 5.43. The van der Waals surface area contributed by atoms with E-state index < -0.39 is 16.0 Å². The summed E-state index contributed by atoms with van der Waals surface area (Å²) in [4.78, 5) is 10.4. The molecule has 0 atom stereocenters. The Labute approximate surface area is 127 Å². The van der Waals surface area contributed by atoms with Gasteiger partial charge in [0.1, 0.15) is 5.69 Å². The van der Waals surface area contributed by atoms with E-state index in [0.29, 0.717) is 4.34 Å². The number of thioether (sulfide) groups is 1. The molecule has 0 unspecified atom stereocenters. The van der Waals surface area contributed by atoms with E-state index in [2.05, 4.69) is 20.1 Å². The zero-order chi connectivity index (χ0) is 15.6. The summed E-state index contributed by atoms with van der Waals surface area (Å²) in [7, 11) is -3.87. The largest absolute Gasteiger partial charge is 0.481 e. The van der Waals surface area contributed by atoms with Crippen LogP contribution in [-0.4, -0.2) is 40.6 Å². The Kier molecular flexibility index (Phi) is 4.49. The zero-order valence-electron chi connectivity index (χ0n) is 10.9. The fraction of sp³-hybridized carbons (Fsp3) is 0.333. The van der Waals surface area contributed by atoms with Gasteiger partial charge in [-0.25, -0.2) is 8.42 Å². The number of nitrogens with one attached hydrogen (secondary N) is 1. The number of carboxylic acids is 1. The van der Waals surface area contributed by atoms with Gasteiger partial charge in [-0.15, -0.1) is 10.2 Å². The molecule has 0 aromatic carbocycles. The molecule has 2 aromatic heterocycles. The summed E-state index contributed by atoms with van der Waals surface area (Å²) in [5.74, 6) is -0.997. The van der Waals surface area contributed by atoms with E-state index >= 15 is 0 Å². The highest BCUT2D eigenvalue weighted by Gasteiger charge is 2.25. The van der Waals surface area contributed by atoms with Crippen molar-refractivity contribution in [2.45, 2.75) is 23.1 Å². The van der Waals surface area contributed by atoms with Crippen LogP contribution in [0.5, 0.6) is 0 Å². The van der Waals surface area contributed by atoms with Crippen LogP contribution in [0.3, 0.4) is 0 Å². The number of sulfonamides is 1. The second kappa shape index (κ2) is 5.99. The lowest BCUT2D eigenvalue weighted by Gasteiger charge is -2.02. The van der Waals surface area contributed by atoms with Gasteiger partial charge in [0.2, 0.25) is 5.13 Å². The number of carboxylic acid groups (broad SMARTS) is 1. The Morgan fingerprint density at radius 3 is 2.71 bits per heavy atom. The summed E-state index contributed by atoms with van der Waals surface area (Å²) in [5.41, 5.74) is 0.241. The molecule has 0 aliphatic heterocycles. The SMILES string of the molecule is Cc1noc(C)c1S(=O)(=O)Nc1nnc(SCC(=O)O)s1. The minimum absolute atomic E-state index is 0.0440. The van der Waals surface area contributed by atoms with Crippen molar-refractivity contribution in [2.24, 2.45) is 0 Å². The number of hydrogen-bond acceptors (Lipinski definition) is 9. The monoisotopic (exact) mass is 350 g/mol. The van der Waals surface area contributed by atoms with Crippen molar-refractivity contribution in [1.82, 2.24) is 15.4 Å². The molecule has 0 aliphatic rings. The van der Waals surface area contributed by atoms with Gasteiger partial charge in [-0.2, -0.15) is 0 Å². The van der Waals surface area contributed by atoms with E-state index in [0.717, 1.165) is 23.1 Å². The Hall–Kier alpha value is -1.66. The summed E-state index contributed by atoms with van der Waals surface area (Å²) in [6.45, 7) is 3.00. The van der Waals surface area contributed by atoms with Crippen molar-refractivity contribution < 1.29 is 22.8 Å². The van der Waals surface area contributed by atoms with E-state index in [1.54, 1.807) is 0 Å². The molecule has 0 aliphatic carbocycles. The predicted octanol–water partition coefficient (Wildman–Crippen LogP) is 1.12. The second-order valence-electron chi connectivity index (χ2n) is 3.81. The number of anilines is 1. The minimum Gasteiger partial charge on any atom is -0.481 e. The van der Waals surface area contributed by atoms with Crippen LogP contribution in [0, 0.1) is 13.8 Å². The number of carbonyl (C=O) groups is 1. The van der Waals surface area contributed by atoms with Gasteiger partial charge < -0.3 is 9.63 Å².